The van der Waals surface area contributed by atoms with E-state index in [1.165, 1.54) is 11.5 Å². The number of hydrogen-bond acceptors (Lipinski definition) is 6. The smallest absolute Gasteiger partial charge is 0.202 e. The van der Waals surface area contributed by atoms with Gasteiger partial charge in [0.05, 0.1) is 6.61 Å². The van der Waals surface area contributed by atoms with Gasteiger partial charge in [-0.3, -0.25) is 0 Å². The summed E-state index contributed by atoms with van der Waals surface area (Å²) in [5, 5.41) is 14.0. The van der Waals surface area contributed by atoms with Crippen molar-refractivity contribution in [2.75, 3.05) is 25.1 Å². The largest absolute Gasteiger partial charge is 0.386 e. The molecule has 1 aromatic heterocycles. The van der Waals surface area contributed by atoms with Crippen LogP contribution in [0.5, 0.6) is 0 Å². The highest BCUT2D eigenvalue weighted by Gasteiger charge is 2.32. The third-order valence-electron chi connectivity index (χ3n) is 2.75. The summed E-state index contributed by atoms with van der Waals surface area (Å²) in [5.41, 5.74) is -0.794. The van der Waals surface area contributed by atoms with Crippen LogP contribution in [0.25, 0.3) is 0 Å². The average molecular weight is 257 g/mol. The van der Waals surface area contributed by atoms with Gasteiger partial charge in [0.25, 0.3) is 0 Å². The Morgan fingerprint density at radius 2 is 2.29 bits per heavy atom. The third-order valence-corrected chi connectivity index (χ3v) is 3.42. The van der Waals surface area contributed by atoms with Gasteiger partial charge in [0.2, 0.25) is 5.13 Å². The monoisotopic (exact) mass is 257 g/mol. The maximum Gasteiger partial charge on any atom is 0.202 e. The highest BCUT2D eigenvalue weighted by atomic mass is 32.1. The van der Waals surface area contributed by atoms with Gasteiger partial charge in [0, 0.05) is 36.5 Å². The van der Waals surface area contributed by atoms with Crippen molar-refractivity contribution in [2.24, 2.45) is 0 Å². The second kappa shape index (κ2) is 4.51. The summed E-state index contributed by atoms with van der Waals surface area (Å²) >= 11 is 1.33. The van der Waals surface area contributed by atoms with Crippen LogP contribution in [0.1, 0.15) is 33.0 Å². The number of rotatable bonds is 3. The second-order valence-corrected chi connectivity index (χ2v) is 6.31. The first-order valence-corrected chi connectivity index (χ1v) is 6.55. The van der Waals surface area contributed by atoms with Gasteiger partial charge in [0.15, 0.2) is 0 Å². The first-order chi connectivity index (χ1) is 7.89. The normalized spacial score (nSPS) is 25.2. The molecular weight excluding hydrogens is 238 g/mol. The van der Waals surface area contributed by atoms with Gasteiger partial charge in [-0.05, 0) is 0 Å². The quantitative estimate of drug-likeness (QED) is 0.856. The van der Waals surface area contributed by atoms with Gasteiger partial charge in [-0.25, -0.2) is 4.98 Å². The summed E-state index contributed by atoms with van der Waals surface area (Å²) in [7, 11) is 0. The molecule has 2 rings (SSSR count). The summed E-state index contributed by atoms with van der Waals surface area (Å²) in [6, 6.07) is 0. The standard InChI is InChI=1S/C11H19N3O2S/c1-10(2,3)8-13-9(17-14-8)12-6-11(15)4-5-16-7-11/h15H,4-7H2,1-3H3,(H,12,13,14)/t11-/m1/s1. The average Bonchev–Trinajstić information content (AvgIpc) is 2.83. The Kier molecular flexibility index (Phi) is 3.38. The number of nitrogens with zero attached hydrogens (tertiary/aromatic N) is 2. The number of hydrogen-bond donors (Lipinski definition) is 2. The molecule has 1 atom stereocenters. The second-order valence-electron chi connectivity index (χ2n) is 5.55. The van der Waals surface area contributed by atoms with Crippen molar-refractivity contribution in [1.82, 2.24) is 9.36 Å². The Bertz CT molecular complexity index is 380. The molecule has 0 aliphatic carbocycles. The minimum Gasteiger partial charge on any atom is -0.386 e. The van der Waals surface area contributed by atoms with Crippen molar-refractivity contribution in [3.63, 3.8) is 0 Å². The minimum atomic E-state index is -0.756. The maximum absolute atomic E-state index is 10.1. The van der Waals surface area contributed by atoms with Crippen molar-refractivity contribution in [1.29, 1.82) is 0 Å². The number of aliphatic hydroxyl groups is 1. The molecule has 6 heteroatoms. The van der Waals surface area contributed by atoms with Crippen LogP contribution in [-0.2, 0) is 10.2 Å². The van der Waals surface area contributed by atoms with E-state index in [0.29, 0.717) is 26.2 Å². The van der Waals surface area contributed by atoms with Crippen molar-refractivity contribution in [2.45, 2.75) is 38.2 Å². The molecule has 1 saturated heterocycles. The van der Waals surface area contributed by atoms with Gasteiger partial charge in [-0.1, -0.05) is 20.8 Å². The van der Waals surface area contributed by atoms with E-state index in [1.807, 2.05) is 0 Å². The van der Waals surface area contributed by atoms with Gasteiger partial charge in [0.1, 0.15) is 11.4 Å². The number of aromatic nitrogens is 2. The van der Waals surface area contributed by atoms with E-state index >= 15 is 0 Å². The highest BCUT2D eigenvalue weighted by Crippen LogP contribution is 2.24. The number of anilines is 1. The molecule has 1 aliphatic rings. The molecule has 1 aromatic rings. The van der Waals surface area contributed by atoms with Crippen molar-refractivity contribution < 1.29 is 9.84 Å². The summed E-state index contributed by atoms with van der Waals surface area (Å²) in [6.45, 7) is 7.73. The fourth-order valence-corrected chi connectivity index (χ4v) is 2.33. The lowest BCUT2D eigenvalue weighted by Gasteiger charge is -2.20. The molecule has 1 aliphatic heterocycles. The van der Waals surface area contributed by atoms with Crippen LogP contribution < -0.4 is 5.32 Å². The van der Waals surface area contributed by atoms with Gasteiger partial charge in [-0.2, -0.15) is 4.37 Å². The predicted molar refractivity (Wildman–Crippen MR) is 67.5 cm³/mol. The van der Waals surface area contributed by atoms with Crippen molar-refractivity contribution in [3.05, 3.63) is 5.82 Å². The molecule has 17 heavy (non-hydrogen) atoms. The Morgan fingerprint density at radius 1 is 1.53 bits per heavy atom. The maximum atomic E-state index is 10.1. The molecule has 0 radical (unpaired) electrons. The topological polar surface area (TPSA) is 67.3 Å². The molecule has 96 valence electrons. The molecule has 0 aromatic carbocycles. The summed E-state index contributed by atoms with van der Waals surface area (Å²) in [5.74, 6) is 0.833. The molecule has 0 spiro atoms. The molecule has 5 nitrogen and oxygen atoms in total. The molecule has 1 fully saturated rings. The number of ether oxygens (including phenoxy) is 1. The van der Waals surface area contributed by atoms with E-state index in [2.05, 4.69) is 35.4 Å². The fraction of sp³-hybridized carbons (Fsp3) is 0.818. The minimum absolute atomic E-state index is 0.0379. The van der Waals surface area contributed by atoms with E-state index in [-0.39, 0.29) is 5.41 Å². The summed E-state index contributed by atoms with van der Waals surface area (Å²) in [4.78, 5) is 4.42. The van der Waals surface area contributed by atoms with Gasteiger partial charge in [-0.15, -0.1) is 0 Å². The Labute approximate surface area is 105 Å². The molecule has 0 saturated carbocycles. The SMILES string of the molecule is CC(C)(C)c1nsc(NC[C@]2(O)CCOC2)n1. The lowest BCUT2D eigenvalue weighted by Crippen LogP contribution is -2.37. The van der Waals surface area contributed by atoms with Crippen LogP contribution in [0.2, 0.25) is 0 Å². The Morgan fingerprint density at radius 3 is 2.82 bits per heavy atom. The summed E-state index contributed by atoms with van der Waals surface area (Å²) < 4.78 is 9.50. The van der Waals surface area contributed by atoms with Crippen LogP contribution >= 0.6 is 11.5 Å². The molecule has 0 bridgehead atoms. The zero-order valence-corrected chi connectivity index (χ0v) is 11.3. The van der Waals surface area contributed by atoms with Gasteiger partial charge >= 0.3 is 0 Å². The number of nitrogens with one attached hydrogen (secondary N) is 1. The zero-order valence-electron chi connectivity index (χ0n) is 10.5. The zero-order chi connectivity index (χ0) is 12.5. The van der Waals surface area contributed by atoms with E-state index in [9.17, 15) is 5.11 Å². The Balaban J connectivity index is 1.93. The summed E-state index contributed by atoms with van der Waals surface area (Å²) in [6.07, 6.45) is 0.672. The predicted octanol–water partition coefficient (Wildman–Crippen LogP) is 1.40. The van der Waals surface area contributed by atoms with Gasteiger partial charge < -0.3 is 15.2 Å². The highest BCUT2D eigenvalue weighted by molar-refractivity contribution is 7.09. The van der Waals surface area contributed by atoms with Crippen LogP contribution in [-0.4, -0.2) is 39.8 Å². The van der Waals surface area contributed by atoms with Crippen LogP contribution in [0.15, 0.2) is 0 Å². The molecule has 0 unspecified atom stereocenters. The third kappa shape index (κ3) is 3.14. The van der Waals surface area contributed by atoms with Crippen LogP contribution in [0.4, 0.5) is 5.13 Å². The molecule has 0 amide bonds. The first-order valence-electron chi connectivity index (χ1n) is 5.77. The van der Waals surface area contributed by atoms with E-state index < -0.39 is 5.60 Å². The lowest BCUT2D eigenvalue weighted by atomic mass is 9.96. The van der Waals surface area contributed by atoms with E-state index in [0.717, 1.165) is 11.0 Å². The van der Waals surface area contributed by atoms with Crippen molar-refractivity contribution in [3.8, 4) is 0 Å². The molecule has 2 heterocycles. The van der Waals surface area contributed by atoms with Crippen molar-refractivity contribution >= 4 is 16.7 Å². The molecular formula is C11H19N3O2S. The first kappa shape index (κ1) is 12.7. The lowest BCUT2D eigenvalue weighted by molar-refractivity contribution is 0.0382. The fourth-order valence-electron chi connectivity index (χ4n) is 1.58. The Hall–Kier alpha value is -0.720. The van der Waals surface area contributed by atoms with Crippen LogP contribution in [0.3, 0.4) is 0 Å². The van der Waals surface area contributed by atoms with Crippen LogP contribution in [0, 0.1) is 0 Å². The van der Waals surface area contributed by atoms with E-state index in [4.69, 9.17) is 4.74 Å². The van der Waals surface area contributed by atoms with E-state index in [1.54, 1.807) is 0 Å². The molecule has 2 N–H and O–H groups in total.